The van der Waals surface area contributed by atoms with Crippen LogP contribution >= 0.6 is 0 Å². The van der Waals surface area contributed by atoms with Crippen molar-refractivity contribution in [3.8, 4) is 0 Å². The van der Waals surface area contributed by atoms with Gasteiger partial charge in [0.1, 0.15) is 18.5 Å². The summed E-state index contributed by atoms with van der Waals surface area (Å²) in [6, 6.07) is -0.985. The van der Waals surface area contributed by atoms with E-state index in [-0.39, 0.29) is 50.5 Å². The Morgan fingerprint density at radius 2 is 1.71 bits per heavy atom. The molecule has 7 unspecified atom stereocenters. The third kappa shape index (κ3) is 4.65. The molecule has 0 spiro atoms. The summed E-state index contributed by atoms with van der Waals surface area (Å²) in [5.74, 6) is -1.12. The monoisotopic (exact) mass is 488 g/mol. The largest absolute Gasteiger partial charge is 0.350 e. The fourth-order valence-corrected chi connectivity index (χ4v) is 6.06. The van der Waals surface area contributed by atoms with E-state index in [1.54, 1.807) is 9.91 Å². The number of piperidine rings is 2. The minimum absolute atomic E-state index is 0.0108. The lowest BCUT2D eigenvalue weighted by Crippen LogP contribution is -2.67. The molecule has 0 saturated carbocycles. The lowest BCUT2D eigenvalue weighted by Gasteiger charge is -2.46. The number of alkyl halides is 3. The van der Waals surface area contributed by atoms with Crippen molar-refractivity contribution in [1.29, 1.82) is 0 Å². The number of rotatable bonds is 4. The Kier molecular flexibility index (Phi) is 7.02. The van der Waals surface area contributed by atoms with Crippen LogP contribution < -0.4 is 27.1 Å². The minimum Gasteiger partial charge on any atom is -0.350 e. The average Bonchev–Trinajstić information content (AvgIpc) is 3.11. The zero-order valence-corrected chi connectivity index (χ0v) is 19.1. The van der Waals surface area contributed by atoms with Crippen molar-refractivity contribution >= 4 is 11.8 Å². The number of nitrogens with one attached hydrogen (secondary N) is 4. The van der Waals surface area contributed by atoms with E-state index < -0.39 is 48.8 Å². The summed E-state index contributed by atoms with van der Waals surface area (Å²) >= 11 is 0. The van der Waals surface area contributed by atoms with E-state index >= 15 is 4.39 Å². The zero-order chi connectivity index (χ0) is 24.0. The third-order valence-corrected chi connectivity index (χ3v) is 7.89. The van der Waals surface area contributed by atoms with Gasteiger partial charge in [0.15, 0.2) is 0 Å². The van der Waals surface area contributed by atoms with Crippen LogP contribution in [0.3, 0.4) is 0 Å². The fourth-order valence-electron chi connectivity index (χ4n) is 6.06. The number of nitrogens with zero attached hydrogens (tertiary/aromatic N) is 3. The summed E-state index contributed by atoms with van der Waals surface area (Å²) in [5, 5.41) is 10.7. The van der Waals surface area contributed by atoms with Crippen molar-refractivity contribution in [1.82, 2.24) is 36.2 Å². The van der Waals surface area contributed by atoms with Gasteiger partial charge in [-0.25, -0.2) is 23.6 Å². The van der Waals surface area contributed by atoms with E-state index in [0.717, 1.165) is 0 Å². The van der Waals surface area contributed by atoms with Crippen molar-refractivity contribution in [2.24, 2.45) is 17.6 Å². The first-order valence-corrected chi connectivity index (χ1v) is 12.3. The molecule has 192 valence electrons. The van der Waals surface area contributed by atoms with Gasteiger partial charge in [-0.3, -0.25) is 19.8 Å². The van der Waals surface area contributed by atoms with Crippen LogP contribution in [0.4, 0.5) is 13.2 Å². The SMILES string of the molecule is NC1NN2CC(F)CNC2C1C(=O)NC1CNCC(F)C1N1CCC(C(=O)N2CC(F)C2)CC1. The molecule has 5 rings (SSSR count). The molecule has 5 aliphatic rings. The van der Waals surface area contributed by atoms with E-state index in [4.69, 9.17) is 5.73 Å². The van der Waals surface area contributed by atoms with Crippen LogP contribution in [0.1, 0.15) is 12.8 Å². The second-order valence-electron chi connectivity index (χ2n) is 10.2. The number of hydrogen-bond donors (Lipinski definition) is 5. The molecule has 0 aliphatic carbocycles. The van der Waals surface area contributed by atoms with Gasteiger partial charge in [-0.05, 0) is 25.9 Å². The third-order valence-electron chi connectivity index (χ3n) is 7.89. The first-order valence-electron chi connectivity index (χ1n) is 12.3. The first kappa shape index (κ1) is 24.2. The molecule has 0 aromatic rings. The highest BCUT2D eigenvalue weighted by Gasteiger charge is 2.49. The highest BCUT2D eigenvalue weighted by molar-refractivity contribution is 5.81. The molecule has 0 aromatic carbocycles. The average molecular weight is 489 g/mol. The molecule has 6 N–H and O–H groups in total. The molecule has 34 heavy (non-hydrogen) atoms. The van der Waals surface area contributed by atoms with Crippen molar-refractivity contribution in [2.45, 2.75) is 55.8 Å². The summed E-state index contributed by atoms with van der Waals surface area (Å²) in [6.07, 6.45) is -3.07. The van der Waals surface area contributed by atoms with Crippen molar-refractivity contribution in [3.63, 3.8) is 0 Å². The van der Waals surface area contributed by atoms with E-state index in [9.17, 15) is 18.4 Å². The van der Waals surface area contributed by atoms with E-state index in [0.29, 0.717) is 32.5 Å². The van der Waals surface area contributed by atoms with Gasteiger partial charge in [-0.2, -0.15) is 0 Å². The Bertz CT molecular complexity index is 766. The Morgan fingerprint density at radius 3 is 2.41 bits per heavy atom. The maximum absolute atomic E-state index is 15.1. The first-order chi connectivity index (χ1) is 16.3. The lowest BCUT2D eigenvalue weighted by atomic mass is 9.89. The Hall–Kier alpha value is -1.51. The summed E-state index contributed by atoms with van der Waals surface area (Å²) < 4.78 is 42.0. The standard InChI is InChI=1S/C21H35F3N8O2/c22-12-5-27-19-16(18(25)29-32(19)10-12)20(33)28-15-7-26-6-14(24)17(15)30-3-1-11(2-4-30)21(34)31-8-13(23)9-31/h11-19,26-27,29H,1-10,25H2,(H,28,33). The smallest absolute Gasteiger partial charge is 0.229 e. The highest BCUT2D eigenvalue weighted by atomic mass is 19.1. The molecule has 0 bridgehead atoms. The predicted octanol–water partition coefficient (Wildman–Crippen LogP) is -2.34. The van der Waals surface area contributed by atoms with E-state index in [1.807, 2.05) is 4.90 Å². The van der Waals surface area contributed by atoms with Crippen LogP contribution in [0.15, 0.2) is 0 Å². The van der Waals surface area contributed by atoms with Crippen molar-refractivity contribution in [3.05, 3.63) is 0 Å². The van der Waals surface area contributed by atoms with Crippen LogP contribution in [-0.4, -0.2) is 122 Å². The van der Waals surface area contributed by atoms with Crippen LogP contribution in [0.25, 0.3) is 0 Å². The van der Waals surface area contributed by atoms with Crippen molar-refractivity contribution in [2.75, 3.05) is 52.4 Å². The number of halogens is 3. The number of hydrazine groups is 1. The molecular weight excluding hydrogens is 453 g/mol. The molecule has 0 radical (unpaired) electrons. The van der Waals surface area contributed by atoms with E-state index in [2.05, 4.69) is 21.4 Å². The number of amides is 2. The predicted molar refractivity (Wildman–Crippen MR) is 117 cm³/mol. The fraction of sp³-hybridized carbons (Fsp3) is 0.905. The summed E-state index contributed by atoms with van der Waals surface area (Å²) in [4.78, 5) is 29.4. The lowest BCUT2D eigenvalue weighted by molar-refractivity contribution is -0.144. The Balaban J connectivity index is 1.20. The van der Waals surface area contributed by atoms with Gasteiger partial charge in [-0.1, -0.05) is 0 Å². The number of hydrogen-bond acceptors (Lipinski definition) is 8. The minimum atomic E-state index is -1.18. The summed E-state index contributed by atoms with van der Waals surface area (Å²) in [5.41, 5.74) is 9.11. The topological polar surface area (TPSA) is 118 Å². The van der Waals surface area contributed by atoms with Crippen molar-refractivity contribution < 1.29 is 22.8 Å². The highest BCUT2D eigenvalue weighted by Crippen LogP contribution is 2.28. The van der Waals surface area contributed by atoms with Gasteiger partial charge < -0.3 is 21.3 Å². The summed E-state index contributed by atoms with van der Waals surface area (Å²) in [7, 11) is 0. The molecule has 5 heterocycles. The number of nitrogens with two attached hydrogens (primary N) is 1. The van der Waals surface area contributed by atoms with Crippen LogP contribution in [-0.2, 0) is 9.59 Å². The molecule has 5 saturated heterocycles. The Labute approximate surface area is 197 Å². The molecule has 2 amide bonds. The molecule has 5 aliphatic heterocycles. The number of carbonyl (C=O) groups excluding carboxylic acids is 2. The van der Waals surface area contributed by atoms with E-state index in [1.165, 1.54) is 0 Å². The number of likely N-dealkylation sites (tertiary alicyclic amines) is 2. The number of fused-ring (bicyclic) bond motifs is 1. The Morgan fingerprint density at radius 1 is 0.971 bits per heavy atom. The molecule has 7 atom stereocenters. The normalized spacial score (nSPS) is 40.6. The number of carbonyl (C=O) groups is 2. The maximum Gasteiger partial charge on any atom is 0.229 e. The second-order valence-corrected chi connectivity index (χ2v) is 10.2. The second kappa shape index (κ2) is 9.86. The van der Waals surface area contributed by atoms with Gasteiger partial charge in [0.05, 0.1) is 43.4 Å². The molecular formula is C21H35F3N8O2. The maximum atomic E-state index is 15.1. The van der Waals surface area contributed by atoms with Gasteiger partial charge in [0, 0.05) is 32.1 Å². The zero-order valence-electron chi connectivity index (χ0n) is 19.1. The molecule has 10 nitrogen and oxygen atoms in total. The van der Waals surface area contributed by atoms with Crippen LogP contribution in [0, 0.1) is 11.8 Å². The summed E-state index contributed by atoms with van der Waals surface area (Å²) in [6.45, 7) is 2.34. The van der Waals surface area contributed by atoms with Gasteiger partial charge in [0.25, 0.3) is 0 Å². The molecule has 13 heteroatoms. The molecule has 5 fully saturated rings. The van der Waals surface area contributed by atoms with Gasteiger partial charge in [0.2, 0.25) is 11.8 Å². The van der Waals surface area contributed by atoms with Crippen LogP contribution in [0.2, 0.25) is 0 Å². The van der Waals surface area contributed by atoms with Gasteiger partial charge in [-0.15, -0.1) is 0 Å². The molecule has 0 aromatic heterocycles. The van der Waals surface area contributed by atoms with Gasteiger partial charge >= 0.3 is 0 Å². The quantitative estimate of drug-likeness (QED) is 0.299. The van der Waals surface area contributed by atoms with Crippen LogP contribution in [0.5, 0.6) is 0 Å².